The van der Waals surface area contributed by atoms with Crippen LogP contribution >= 0.6 is 0 Å². The number of halogens is 2. The molecule has 0 unspecified atom stereocenters. The first-order valence-corrected chi connectivity index (χ1v) is 8.51. The molecular weight excluding hydrogens is 358 g/mol. The standard InChI is InChI=1S/C18H20F2N4O3/c1-24(2)18(26)12-9-21-6-5-14(12)22-17(25)15-8-16(27-23-15)11-4-3-10(19)7-13(11)20/h3-4,7-8,12,14,21H,5-6,9H2,1-2H3,(H,22,25)/t12-,14-/m1/s1. The molecular formula is C18H20F2N4O3. The topological polar surface area (TPSA) is 87.5 Å². The second-order valence-corrected chi connectivity index (χ2v) is 6.61. The molecule has 1 saturated heterocycles. The molecule has 144 valence electrons. The summed E-state index contributed by atoms with van der Waals surface area (Å²) in [5.41, 5.74) is -0.0335. The van der Waals surface area contributed by atoms with E-state index >= 15 is 0 Å². The van der Waals surface area contributed by atoms with Crippen molar-refractivity contribution in [3.05, 3.63) is 41.6 Å². The van der Waals surface area contributed by atoms with Gasteiger partial charge in [-0.25, -0.2) is 8.78 Å². The van der Waals surface area contributed by atoms with Crippen LogP contribution in [0.3, 0.4) is 0 Å². The lowest BCUT2D eigenvalue weighted by atomic mass is 9.92. The first-order valence-electron chi connectivity index (χ1n) is 8.51. The van der Waals surface area contributed by atoms with Crippen LogP contribution in [0.5, 0.6) is 0 Å². The average molecular weight is 378 g/mol. The van der Waals surface area contributed by atoms with Gasteiger partial charge in [-0.05, 0) is 25.1 Å². The van der Waals surface area contributed by atoms with E-state index in [1.54, 1.807) is 14.1 Å². The molecule has 1 fully saturated rings. The first kappa shape index (κ1) is 19.0. The fourth-order valence-corrected chi connectivity index (χ4v) is 3.06. The first-order chi connectivity index (χ1) is 12.9. The fraction of sp³-hybridized carbons (Fsp3) is 0.389. The van der Waals surface area contributed by atoms with Crippen LogP contribution in [-0.2, 0) is 4.79 Å². The fourth-order valence-electron chi connectivity index (χ4n) is 3.06. The van der Waals surface area contributed by atoms with E-state index in [9.17, 15) is 18.4 Å². The number of aromatic nitrogens is 1. The van der Waals surface area contributed by atoms with Crippen molar-refractivity contribution >= 4 is 11.8 Å². The molecule has 0 saturated carbocycles. The third kappa shape index (κ3) is 4.13. The highest BCUT2D eigenvalue weighted by molar-refractivity contribution is 5.93. The summed E-state index contributed by atoms with van der Waals surface area (Å²) in [5.74, 6) is -2.50. The Bertz CT molecular complexity index is 853. The van der Waals surface area contributed by atoms with Gasteiger partial charge in [-0.2, -0.15) is 0 Å². The number of hydrogen-bond acceptors (Lipinski definition) is 5. The van der Waals surface area contributed by atoms with Crippen molar-refractivity contribution in [2.45, 2.75) is 12.5 Å². The van der Waals surface area contributed by atoms with Crippen molar-refractivity contribution in [3.63, 3.8) is 0 Å². The highest BCUT2D eigenvalue weighted by atomic mass is 19.1. The zero-order valence-electron chi connectivity index (χ0n) is 15.0. The lowest BCUT2D eigenvalue weighted by Crippen LogP contribution is -2.54. The SMILES string of the molecule is CN(C)C(=O)[C@@H]1CNCC[C@H]1NC(=O)c1cc(-c2ccc(F)cc2F)on1. The molecule has 27 heavy (non-hydrogen) atoms. The van der Waals surface area contributed by atoms with Gasteiger partial charge in [0, 0.05) is 38.8 Å². The number of nitrogens with zero attached hydrogens (tertiary/aromatic N) is 2. The number of carbonyl (C=O) groups excluding carboxylic acids is 2. The maximum Gasteiger partial charge on any atom is 0.273 e. The van der Waals surface area contributed by atoms with Crippen LogP contribution < -0.4 is 10.6 Å². The normalized spacial score (nSPS) is 19.6. The van der Waals surface area contributed by atoms with Crippen LogP contribution in [0.25, 0.3) is 11.3 Å². The molecule has 7 nitrogen and oxygen atoms in total. The summed E-state index contributed by atoms with van der Waals surface area (Å²) in [6.07, 6.45) is 0.591. The molecule has 1 aliphatic heterocycles. The van der Waals surface area contributed by atoms with E-state index < -0.39 is 23.5 Å². The maximum absolute atomic E-state index is 13.9. The summed E-state index contributed by atoms with van der Waals surface area (Å²) in [4.78, 5) is 26.3. The Labute approximate surface area is 154 Å². The maximum atomic E-state index is 13.9. The number of hydrogen-bond donors (Lipinski definition) is 2. The van der Waals surface area contributed by atoms with Gasteiger partial charge in [0.2, 0.25) is 5.91 Å². The van der Waals surface area contributed by atoms with Gasteiger partial charge >= 0.3 is 0 Å². The van der Waals surface area contributed by atoms with Gasteiger partial charge in [-0.15, -0.1) is 0 Å². The number of benzene rings is 1. The predicted octanol–water partition coefficient (Wildman–Crippen LogP) is 1.42. The van der Waals surface area contributed by atoms with Gasteiger partial charge in [-0.3, -0.25) is 9.59 Å². The number of carbonyl (C=O) groups is 2. The predicted molar refractivity (Wildman–Crippen MR) is 92.8 cm³/mol. The van der Waals surface area contributed by atoms with Crippen molar-refractivity contribution in [1.29, 1.82) is 0 Å². The van der Waals surface area contributed by atoms with E-state index in [1.165, 1.54) is 17.0 Å². The van der Waals surface area contributed by atoms with Crippen molar-refractivity contribution in [1.82, 2.24) is 20.7 Å². The summed E-state index contributed by atoms with van der Waals surface area (Å²) in [6.45, 7) is 1.14. The summed E-state index contributed by atoms with van der Waals surface area (Å²) in [5, 5.41) is 9.62. The van der Waals surface area contributed by atoms with Crippen LogP contribution in [0.4, 0.5) is 8.78 Å². The molecule has 2 heterocycles. The molecule has 1 aliphatic rings. The number of nitrogens with one attached hydrogen (secondary N) is 2. The second-order valence-electron chi connectivity index (χ2n) is 6.61. The Morgan fingerprint density at radius 3 is 2.78 bits per heavy atom. The number of amides is 2. The Kier molecular flexibility index (Phi) is 5.50. The monoisotopic (exact) mass is 378 g/mol. The molecule has 1 aromatic heterocycles. The Hall–Kier alpha value is -2.81. The Morgan fingerprint density at radius 2 is 2.07 bits per heavy atom. The zero-order chi connectivity index (χ0) is 19.6. The van der Waals surface area contributed by atoms with Crippen LogP contribution in [0.1, 0.15) is 16.9 Å². The van der Waals surface area contributed by atoms with E-state index in [0.29, 0.717) is 19.5 Å². The van der Waals surface area contributed by atoms with Crippen LogP contribution in [0.15, 0.2) is 28.8 Å². The zero-order valence-corrected chi connectivity index (χ0v) is 15.0. The van der Waals surface area contributed by atoms with E-state index in [4.69, 9.17) is 4.52 Å². The van der Waals surface area contributed by atoms with Crippen molar-refractivity contribution in [3.8, 4) is 11.3 Å². The smallest absolute Gasteiger partial charge is 0.273 e. The summed E-state index contributed by atoms with van der Waals surface area (Å²) in [6, 6.07) is 3.97. The quantitative estimate of drug-likeness (QED) is 0.840. The molecule has 2 amide bonds. The van der Waals surface area contributed by atoms with E-state index in [2.05, 4.69) is 15.8 Å². The van der Waals surface area contributed by atoms with Gasteiger partial charge in [-0.1, -0.05) is 5.16 Å². The molecule has 3 rings (SSSR count). The Balaban J connectivity index is 1.74. The van der Waals surface area contributed by atoms with Crippen LogP contribution in [-0.4, -0.2) is 55.1 Å². The minimum absolute atomic E-state index is 0.00507. The van der Waals surface area contributed by atoms with Crippen molar-refractivity contribution < 1.29 is 22.9 Å². The third-order valence-electron chi connectivity index (χ3n) is 4.50. The van der Waals surface area contributed by atoms with Crippen molar-refractivity contribution in [2.75, 3.05) is 27.2 Å². The highest BCUT2D eigenvalue weighted by Gasteiger charge is 2.33. The van der Waals surface area contributed by atoms with Gasteiger partial charge in [0.05, 0.1) is 11.5 Å². The van der Waals surface area contributed by atoms with Gasteiger partial charge < -0.3 is 20.1 Å². The number of piperidine rings is 1. The van der Waals surface area contributed by atoms with Crippen LogP contribution in [0, 0.1) is 17.6 Å². The molecule has 0 spiro atoms. The molecule has 1 aromatic carbocycles. The number of rotatable bonds is 4. The second kappa shape index (κ2) is 7.83. The van der Waals surface area contributed by atoms with E-state index in [-0.39, 0.29) is 29.0 Å². The van der Waals surface area contributed by atoms with Gasteiger partial charge in [0.15, 0.2) is 11.5 Å². The van der Waals surface area contributed by atoms with Crippen molar-refractivity contribution in [2.24, 2.45) is 5.92 Å². The van der Waals surface area contributed by atoms with Gasteiger partial charge in [0.1, 0.15) is 11.6 Å². The van der Waals surface area contributed by atoms with Crippen LogP contribution in [0.2, 0.25) is 0 Å². The lowest BCUT2D eigenvalue weighted by molar-refractivity contribution is -0.134. The largest absolute Gasteiger partial charge is 0.355 e. The molecule has 0 bridgehead atoms. The van der Waals surface area contributed by atoms with E-state index in [1.807, 2.05) is 0 Å². The molecule has 2 atom stereocenters. The van der Waals surface area contributed by atoms with E-state index in [0.717, 1.165) is 12.1 Å². The van der Waals surface area contributed by atoms with Gasteiger partial charge in [0.25, 0.3) is 5.91 Å². The lowest BCUT2D eigenvalue weighted by Gasteiger charge is -2.33. The summed E-state index contributed by atoms with van der Waals surface area (Å²) in [7, 11) is 3.33. The molecule has 0 aliphatic carbocycles. The summed E-state index contributed by atoms with van der Waals surface area (Å²) >= 11 is 0. The average Bonchev–Trinajstić information content (AvgIpc) is 3.11. The molecule has 2 N–H and O–H groups in total. The Morgan fingerprint density at radius 1 is 1.30 bits per heavy atom. The molecule has 0 radical (unpaired) electrons. The summed E-state index contributed by atoms with van der Waals surface area (Å²) < 4.78 is 31.9. The molecule has 9 heteroatoms. The minimum atomic E-state index is -0.812. The highest BCUT2D eigenvalue weighted by Crippen LogP contribution is 2.24. The minimum Gasteiger partial charge on any atom is -0.355 e. The molecule has 2 aromatic rings. The third-order valence-corrected chi connectivity index (χ3v) is 4.50.